The number of rotatable bonds is 3. The minimum absolute atomic E-state index is 0.0869. The molecule has 1 aliphatic carbocycles. The van der Waals surface area contributed by atoms with Gasteiger partial charge in [0.1, 0.15) is 5.75 Å². The van der Waals surface area contributed by atoms with Crippen molar-refractivity contribution in [3.63, 3.8) is 0 Å². The normalized spacial score (nSPS) is 23.7. The van der Waals surface area contributed by atoms with Gasteiger partial charge >= 0.3 is 0 Å². The molecule has 1 fully saturated rings. The first-order valence-corrected chi connectivity index (χ1v) is 6.87. The third kappa shape index (κ3) is 2.07. The first-order valence-electron chi connectivity index (χ1n) is 6.34. The summed E-state index contributed by atoms with van der Waals surface area (Å²) in [6, 6.07) is 7.77. The van der Waals surface area contributed by atoms with Crippen LogP contribution in [0.3, 0.4) is 0 Å². The Balaban J connectivity index is 1.79. The molecule has 96 valence electrons. The van der Waals surface area contributed by atoms with Gasteiger partial charge in [0.2, 0.25) is 5.91 Å². The summed E-state index contributed by atoms with van der Waals surface area (Å²) >= 11 is 5.90. The fourth-order valence-electron chi connectivity index (χ4n) is 2.41. The van der Waals surface area contributed by atoms with Gasteiger partial charge < -0.3 is 10.1 Å². The number of carbonyl (C=O) groups excluding carboxylic acids is 1. The van der Waals surface area contributed by atoms with E-state index in [1.165, 1.54) is 0 Å². The Morgan fingerprint density at radius 3 is 2.94 bits per heavy atom. The first-order chi connectivity index (χ1) is 8.74. The van der Waals surface area contributed by atoms with Crippen molar-refractivity contribution in [2.24, 2.45) is 0 Å². The maximum absolute atomic E-state index is 12.4. The zero-order valence-corrected chi connectivity index (χ0v) is 10.9. The molecule has 0 saturated heterocycles. The average Bonchev–Trinajstić information content (AvgIpc) is 3.18. The molecule has 18 heavy (non-hydrogen) atoms. The van der Waals surface area contributed by atoms with E-state index < -0.39 is 0 Å². The molecule has 1 heterocycles. The Morgan fingerprint density at radius 2 is 2.22 bits per heavy atom. The molecule has 3 rings (SSSR count). The van der Waals surface area contributed by atoms with Crippen LogP contribution in [0.2, 0.25) is 0 Å². The van der Waals surface area contributed by atoms with Crippen molar-refractivity contribution in [1.82, 2.24) is 5.32 Å². The van der Waals surface area contributed by atoms with Crippen LogP contribution in [0.5, 0.6) is 5.75 Å². The van der Waals surface area contributed by atoms with Gasteiger partial charge in [-0.05, 0) is 25.3 Å². The molecule has 3 nitrogen and oxygen atoms in total. The minimum atomic E-state index is -0.133. The lowest BCUT2D eigenvalue weighted by Gasteiger charge is -2.26. The van der Waals surface area contributed by atoms with Crippen LogP contribution in [-0.4, -0.2) is 23.9 Å². The zero-order chi connectivity index (χ0) is 12.6. The summed E-state index contributed by atoms with van der Waals surface area (Å²) in [7, 11) is 0. The topological polar surface area (TPSA) is 38.3 Å². The van der Waals surface area contributed by atoms with E-state index in [1.807, 2.05) is 24.3 Å². The third-order valence-corrected chi connectivity index (χ3v) is 4.28. The lowest BCUT2D eigenvalue weighted by Crippen LogP contribution is -2.42. The van der Waals surface area contributed by atoms with Crippen LogP contribution in [0.15, 0.2) is 24.3 Å². The Hall–Kier alpha value is -1.22. The molecule has 1 N–H and O–H groups in total. The SMILES string of the molecule is O=C(NC1(CCl)CC1)C1CCOc2ccccc21. The highest BCUT2D eigenvalue weighted by Gasteiger charge is 2.44. The number of hydrogen-bond acceptors (Lipinski definition) is 2. The van der Waals surface area contributed by atoms with Crippen molar-refractivity contribution in [2.45, 2.75) is 30.7 Å². The Morgan fingerprint density at radius 1 is 1.44 bits per heavy atom. The minimum Gasteiger partial charge on any atom is -0.493 e. The number of alkyl halides is 1. The van der Waals surface area contributed by atoms with Crippen molar-refractivity contribution >= 4 is 17.5 Å². The number of amides is 1. The van der Waals surface area contributed by atoms with Crippen LogP contribution in [0, 0.1) is 0 Å². The van der Waals surface area contributed by atoms with Gasteiger partial charge in [0.15, 0.2) is 0 Å². The largest absolute Gasteiger partial charge is 0.493 e. The van der Waals surface area contributed by atoms with Gasteiger partial charge in [0.25, 0.3) is 0 Å². The van der Waals surface area contributed by atoms with E-state index in [2.05, 4.69) is 5.32 Å². The summed E-state index contributed by atoms with van der Waals surface area (Å²) in [5.41, 5.74) is 0.859. The molecule has 0 spiro atoms. The number of carbonyl (C=O) groups is 1. The monoisotopic (exact) mass is 265 g/mol. The number of para-hydroxylation sites is 1. The van der Waals surface area contributed by atoms with E-state index in [0.717, 1.165) is 30.6 Å². The smallest absolute Gasteiger partial charge is 0.228 e. The second-order valence-electron chi connectivity index (χ2n) is 5.13. The number of fused-ring (bicyclic) bond motifs is 1. The highest BCUT2D eigenvalue weighted by Crippen LogP contribution is 2.39. The average molecular weight is 266 g/mol. The molecule has 1 saturated carbocycles. The summed E-state index contributed by atoms with van der Waals surface area (Å²) in [6.45, 7) is 0.600. The van der Waals surface area contributed by atoms with Crippen LogP contribution in [-0.2, 0) is 4.79 Å². The second kappa shape index (κ2) is 4.47. The van der Waals surface area contributed by atoms with Crippen molar-refractivity contribution in [3.05, 3.63) is 29.8 Å². The molecule has 1 aromatic carbocycles. The van der Waals surface area contributed by atoms with Gasteiger partial charge in [-0.25, -0.2) is 0 Å². The van der Waals surface area contributed by atoms with E-state index >= 15 is 0 Å². The maximum Gasteiger partial charge on any atom is 0.228 e. The van der Waals surface area contributed by atoms with E-state index in [4.69, 9.17) is 16.3 Å². The lowest BCUT2D eigenvalue weighted by atomic mass is 9.92. The second-order valence-corrected chi connectivity index (χ2v) is 5.40. The molecule has 0 aromatic heterocycles. The molecular weight excluding hydrogens is 250 g/mol. The van der Waals surface area contributed by atoms with Crippen molar-refractivity contribution < 1.29 is 9.53 Å². The van der Waals surface area contributed by atoms with Crippen LogP contribution in [0.1, 0.15) is 30.7 Å². The summed E-state index contributed by atoms with van der Waals surface area (Å²) in [5, 5.41) is 3.10. The Kier molecular flexibility index (Phi) is 2.94. The highest BCUT2D eigenvalue weighted by molar-refractivity contribution is 6.19. The van der Waals surface area contributed by atoms with Gasteiger partial charge in [-0.1, -0.05) is 18.2 Å². The van der Waals surface area contributed by atoms with Gasteiger partial charge in [-0.2, -0.15) is 0 Å². The first kappa shape index (κ1) is 11.8. The molecule has 0 radical (unpaired) electrons. The molecule has 2 aliphatic rings. The molecule has 1 atom stereocenters. The summed E-state index contributed by atoms with van der Waals surface area (Å²) in [5.74, 6) is 1.32. The third-order valence-electron chi connectivity index (χ3n) is 3.77. The zero-order valence-electron chi connectivity index (χ0n) is 10.1. The molecular formula is C14H16ClNO2. The number of hydrogen-bond donors (Lipinski definition) is 1. The van der Waals surface area contributed by atoms with Crippen LogP contribution in [0.4, 0.5) is 0 Å². The van der Waals surface area contributed by atoms with Crippen LogP contribution in [0.25, 0.3) is 0 Å². The fourth-order valence-corrected chi connectivity index (χ4v) is 2.74. The molecule has 1 amide bonds. The quantitative estimate of drug-likeness (QED) is 0.853. The Bertz CT molecular complexity index is 471. The molecule has 1 unspecified atom stereocenters. The van der Waals surface area contributed by atoms with E-state index in [1.54, 1.807) is 0 Å². The standard InChI is InChI=1S/C14H16ClNO2/c15-9-14(6-7-14)16-13(17)11-5-8-18-12-4-2-1-3-10(11)12/h1-4,11H,5-9H2,(H,16,17). The predicted octanol–water partition coefficient (Wildman–Crippen LogP) is 2.44. The molecule has 4 heteroatoms. The summed E-state index contributed by atoms with van der Waals surface area (Å²) in [6.07, 6.45) is 2.72. The highest BCUT2D eigenvalue weighted by atomic mass is 35.5. The van der Waals surface area contributed by atoms with Gasteiger partial charge in [0.05, 0.1) is 18.1 Å². The lowest BCUT2D eigenvalue weighted by molar-refractivity contribution is -0.124. The summed E-state index contributed by atoms with van der Waals surface area (Å²) in [4.78, 5) is 12.4. The molecule has 0 bridgehead atoms. The van der Waals surface area contributed by atoms with Crippen molar-refractivity contribution in [3.8, 4) is 5.75 Å². The van der Waals surface area contributed by atoms with E-state index in [0.29, 0.717) is 12.5 Å². The number of nitrogens with one attached hydrogen (secondary N) is 1. The van der Waals surface area contributed by atoms with Gasteiger partial charge in [0, 0.05) is 11.4 Å². The van der Waals surface area contributed by atoms with Gasteiger partial charge in [-0.15, -0.1) is 11.6 Å². The van der Waals surface area contributed by atoms with Crippen molar-refractivity contribution in [1.29, 1.82) is 0 Å². The van der Waals surface area contributed by atoms with Gasteiger partial charge in [-0.3, -0.25) is 4.79 Å². The Labute approximate surface area is 111 Å². The predicted molar refractivity (Wildman–Crippen MR) is 70.1 cm³/mol. The molecule has 1 aliphatic heterocycles. The fraction of sp³-hybridized carbons (Fsp3) is 0.500. The number of benzene rings is 1. The molecule has 1 aromatic rings. The van der Waals surface area contributed by atoms with E-state index in [-0.39, 0.29) is 17.4 Å². The number of halogens is 1. The maximum atomic E-state index is 12.4. The number of ether oxygens (including phenoxy) is 1. The van der Waals surface area contributed by atoms with Crippen molar-refractivity contribution in [2.75, 3.05) is 12.5 Å². The van der Waals surface area contributed by atoms with Crippen LogP contribution >= 0.6 is 11.6 Å². The van der Waals surface area contributed by atoms with E-state index in [9.17, 15) is 4.79 Å². The summed E-state index contributed by atoms with van der Waals surface area (Å²) < 4.78 is 5.57. The van der Waals surface area contributed by atoms with Crippen LogP contribution < -0.4 is 10.1 Å².